The number of hydrogen-bond donors (Lipinski definition) is 1. The van der Waals surface area contributed by atoms with Crippen LogP contribution < -0.4 is 0 Å². The van der Waals surface area contributed by atoms with Gasteiger partial charge in [-0.1, -0.05) is 30.3 Å². The minimum Gasteiger partial charge on any atom is -0.472 e. The monoisotopic (exact) mass is 327 g/mol. The Bertz CT molecular complexity index is 638. The van der Waals surface area contributed by atoms with Crippen LogP contribution in [0.25, 0.3) is 0 Å². The van der Waals surface area contributed by atoms with Gasteiger partial charge in [0.15, 0.2) is 0 Å². The summed E-state index contributed by atoms with van der Waals surface area (Å²) in [6.07, 6.45) is 7.91. The van der Waals surface area contributed by atoms with Crippen LogP contribution >= 0.6 is 0 Å². The Morgan fingerprint density at radius 3 is 2.79 bits per heavy atom. The third-order valence-corrected chi connectivity index (χ3v) is 5.07. The van der Waals surface area contributed by atoms with Gasteiger partial charge < -0.3 is 14.4 Å². The Hall–Kier alpha value is -2.07. The SMILES string of the molecule is O=C(c1ccoc1)N1CCC[C@](CO)(CCCc2ccccc2)C1. The Labute approximate surface area is 143 Å². The van der Waals surface area contributed by atoms with E-state index in [1.165, 1.54) is 18.1 Å². The molecule has 1 atom stereocenters. The van der Waals surface area contributed by atoms with Gasteiger partial charge in [-0.15, -0.1) is 0 Å². The van der Waals surface area contributed by atoms with Crippen LogP contribution in [0.2, 0.25) is 0 Å². The number of aliphatic hydroxyl groups excluding tert-OH is 1. The molecule has 1 aromatic carbocycles. The molecule has 0 radical (unpaired) electrons. The summed E-state index contributed by atoms with van der Waals surface area (Å²) in [6, 6.07) is 12.1. The second kappa shape index (κ2) is 7.67. The number of carbonyl (C=O) groups excluding carboxylic acids is 1. The van der Waals surface area contributed by atoms with Gasteiger partial charge in [0.1, 0.15) is 6.26 Å². The normalized spacial score (nSPS) is 21.0. The lowest BCUT2D eigenvalue weighted by molar-refractivity contribution is 0.0216. The van der Waals surface area contributed by atoms with E-state index in [1.807, 2.05) is 11.0 Å². The fraction of sp³-hybridized carbons (Fsp3) is 0.450. The number of piperidine rings is 1. The second-order valence-corrected chi connectivity index (χ2v) is 6.84. The summed E-state index contributed by atoms with van der Waals surface area (Å²) in [4.78, 5) is 14.4. The molecule has 1 N–H and O–H groups in total. The van der Waals surface area contributed by atoms with Crippen molar-refractivity contribution in [2.24, 2.45) is 5.41 Å². The summed E-state index contributed by atoms with van der Waals surface area (Å²) < 4.78 is 5.02. The van der Waals surface area contributed by atoms with Crippen molar-refractivity contribution < 1.29 is 14.3 Å². The van der Waals surface area contributed by atoms with Gasteiger partial charge in [0, 0.05) is 18.5 Å². The van der Waals surface area contributed by atoms with Crippen molar-refractivity contribution in [3.8, 4) is 0 Å². The maximum atomic E-state index is 12.5. The molecule has 24 heavy (non-hydrogen) atoms. The molecule has 4 nitrogen and oxygen atoms in total. The van der Waals surface area contributed by atoms with Crippen LogP contribution in [0.5, 0.6) is 0 Å². The smallest absolute Gasteiger partial charge is 0.257 e. The molecule has 1 aliphatic rings. The van der Waals surface area contributed by atoms with Gasteiger partial charge in [-0.05, 0) is 43.7 Å². The quantitative estimate of drug-likeness (QED) is 0.883. The molecule has 1 aromatic heterocycles. The van der Waals surface area contributed by atoms with Crippen LogP contribution in [0, 0.1) is 5.41 Å². The average molecular weight is 327 g/mol. The van der Waals surface area contributed by atoms with Crippen LogP contribution in [0.15, 0.2) is 53.3 Å². The van der Waals surface area contributed by atoms with E-state index in [9.17, 15) is 9.90 Å². The number of hydrogen-bond acceptors (Lipinski definition) is 3. The second-order valence-electron chi connectivity index (χ2n) is 6.84. The van der Waals surface area contributed by atoms with Gasteiger partial charge in [-0.25, -0.2) is 0 Å². The summed E-state index contributed by atoms with van der Waals surface area (Å²) in [5.74, 6) is 0.00401. The number of likely N-dealkylation sites (tertiary alicyclic amines) is 1. The zero-order valence-electron chi connectivity index (χ0n) is 14.0. The van der Waals surface area contributed by atoms with Crippen molar-refractivity contribution >= 4 is 5.91 Å². The lowest BCUT2D eigenvalue weighted by atomic mass is 9.76. The van der Waals surface area contributed by atoms with Crippen LogP contribution in [0.3, 0.4) is 0 Å². The molecule has 4 heteroatoms. The molecule has 1 fully saturated rings. The maximum Gasteiger partial charge on any atom is 0.257 e. The van der Waals surface area contributed by atoms with Crippen LogP contribution in [0.1, 0.15) is 41.6 Å². The van der Waals surface area contributed by atoms with E-state index in [0.717, 1.165) is 38.6 Å². The molecule has 0 bridgehead atoms. The molecule has 2 heterocycles. The number of furan rings is 1. The van der Waals surface area contributed by atoms with Gasteiger partial charge in [0.2, 0.25) is 0 Å². The van der Waals surface area contributed by atoms with E-state index >= 15 is 0 Å². The summed E-state index contributed by atoms with van der Waals surface area (Å²) in [5, 5.41) is 10.0. The predicted molar refractivity (Wildman–Crippen MR) is 92.7 cm³/mol. The molecule has 3 rings (SSSR count). The van der Waals surface area contributed by atoms with E-state index in [0.29, 0.717) is 12.1 Å². The largest absolute Gasteiger partial charge is 0.472 e. The molecular weight excluding hydrogens is 302 g/mol. The van der Waals surface area contributed by atoms with Crippen molar-refractivity contribution in [3.63, 3.8) is 0 Å². The van der Waals surface area contributed by atoms with Gasteiger partial charge in [0.25, 0.3) is 5.91 Å². The zero-order chi connectivity index (χ0) is 16.8. The summed E-state index contributed by atoms with van der Waals surface area (Å²) in [5.41, 5.74) is 1.74. The van der Waals surface area contributed by atoms with Gasteiger partial charge in [-0.3, -0.25) is 4.79 Å². The average Bonchev–Trinajstić information content (AvgIpc) is 3.17. The summed E-state index contributed by atoms with van der Waals surface area (Å²) in [7, 11) is 0. The number of nitrogens with zero attached hydrogens (tertiary/aromatic N) is 1. The molecule has 0 spiro atoms. The Balaban J connectivity index is 1.60. The van der Waals surface area contributed by atoms with E-state index in [2.05, 4.69) is 24.3 Å². The molecule has 1 aliphatic heterocycles. The van der Waals surface area contributed by atoms with E-state index in [1.54, 1.807) is 6.07 Å². The third kappa shape index (κ3) is 3.88. The number of aryl methyl sites for hydroxylation is 1. The Morgan fingerprint density at radius 1 is 1.25 bits per heavy atom. The van der Waals surface area contributed by atoms with Crippen LogP contribution in [-0.4, -0.2) is 35.6 Å². The lowest BCUT2D eigenvalue weighted by Gasteiger charge is -2.42. The molecule has 1 amide bonds. The Kier molecular flexibility index (Phi) is 5.36. The standard InChI is InChI=1S/C20H25NO3/c22-16-20(10-4-8-17-6-2-1-3-7-17)11-5-12-21(15-20)19(23)18-9-13-24-14-18/h1-3,6-7,9,13-14,22H,4-5,8,10-12,15-16H2/t20-/m1/s1. The lowest BCUT2D eigenvalue weighted by Crippen LogP contribution is -2.47. The summed E-state index contributed by atoms with van der Waals surface area (Å²) in [6.45, 7) is 1.52. The Morgan fingerprint density at radius 2 is 2.08 bits per heavy atom. The minimum atomic E-state index is -0.174. The molecule has 0 aliphatic carbocycles. The molecule has 2 aromatic rings. The fourth-order valence-electron chi connectivity index (χ4n) is 3.67. The molecule has 1 saturated heterocycles. The highest BCUT2D eigenvalue weighted by atomic mass is 16.3. The first-order valence-corrected chi connectivity index (χ1v) is 8.69. The molecule has 128 valence electrons. The zero-order valence-corrected chi connectivity index (χ0v) is 14.0. The van der Waals surface area contributed by atoms with E-state index in [4.69, 9.17) is 4.42 Å². The predicted octanol–water partition coefficient (Wildman–Crippen LogP) is 3.52. The first-order valence-electron chi connectivity index (χ1n) is 8.69. The van der Waals surface area contributed by atoms with E-state index < -0.39 is 0 Å². The van der Waals surface area contributed by atoms with Crippen LogP contribution in [0.4, 0.5) is 0 Å². The number of benzene rings is 1. The van der Waals surface area contributed by atoms with Crippen molar-refractivity contribution in [1.29, 1.82) is 0 Å². The van der Waals surface area contributed by atoms with E-state index in [-0.39, 0.29) is 17.9 Å². The minimum absolute atomic E-state index is 0.00401. The fourth-order valence-corrected chi connectivity index (χ4v) is 3.67. The molecular formula is C20H25NO3. The highest BCUT2D eigenvalue weighted by Gasteiger charge is 2.36. The third-order valence-electron chi connectivity index (χ3n) is 5.07. The highest BCUT2D eigenvalue weighted by Crippen LogP contribution is 2.35. The van der Waals surface area contributed by atoms with Crippen molar-refractivity contribution in [2.75, 3.05) is 19.7 Å². The van der Waals surface area contributed by atoms with Gasteiger partial charge >= 0.3 is 0 Å². The van der Waals surface area contributed by atoms with Crippen molar-refractivity contribution in [3.05, 3.63) is 60.1 Å². The molecule has 0 saturated carbocycles. The number of rotatable bonds is 6. The highest BCUT2D eigenvalue weighted by molar-refractivity contribution is 5.93. The number of aliphatic hydroxyl groups is 1. The maximum absolute atomic E-state index is 12.5. The van der Waals surface area contributed by atoms with Crippen molar-refractivity contribution in [1.82, 2.24) is 4.90 Å². The number of carbonyl (C=O) groups is 1. The molecule has 0 unspecified atom stereocenters. The van der Waals surface area contributed by atoms with Gasteiger partial charge in [-0.2, -0.15) is 0 Å². The van der Waals surface area contributed by atoms with Gasteiger partial charge in [0.05, 0.1) is 18.4 Å². The first kappa shape index (κ1) is 16.8. The van der Waals surface area contributed by atoms with Crippen LogP contribution in [-0.2, 0) is 6.42 Å². The first-order chi connectivity index (χ1) is 11.7. The summed E-state index contributed by atoms with van der Waals surface area (Å²) >= 11 is 0. The topological polar surface area (TPSA) is 53.7 Å². The number of amides is 1. The van der Waals surface area contributed by atoms with Crippen molar-refractivity contribution in [2.45, 2.75) is 32.1 Å².